The number of hydrogen-bond donors (Lipinski definition) is 1. The van der Waals surface area contributed by atoms with Crippen molar-refractivity contribution in [3.63, 3.8) is 0 Å². The minimum absolute atomic E-state index is 0.0600. The van der Waals surface area contributed by atoms with E-state index in [2.05, 4.69) is 0 Å². The molecule has 0 radical (unpaired) electrons. The highest BCUT2D eigenvalue weighted by molar-refractivity contribution is 5.93. The number of carboxylic acids is 1. The zero-order chi connectivity index (χ0) is 22.4. The third-order valence-corrected chi connectivity index (χ3v) is 4.17. The summed E-state index contributed by atoms with van der Waals surface area (Å²) in [6.07, 6.45) is 4.85. The van der Waals surface area contributed by atoms with Gasteiger partial charge in [-0.05, 0) is 31.9 Å². The summed E-state index contributed by atoms with van der Waals surface area (Å²) in [5.41, 5.74) is 0.120. The molecule has 1 unspecified atom stereocenters. The van der Waals surface area contributed by atoms with Crippen molar-refractivity contribution in [2.45, 2.75) is 71.3 Å². The van der Waals surface area contributed by atoms with Gasteiger partial charge in [0, 0.05) is 19.8 Å². The Bertz CT molecular complexity index is 713. The normalized spacial score (nSPS) is 11.4. The number of carbonyl (C=O) groups excluding carboxylic acids is 3. The molecule has 30 heavy (non-hydrogen) atoms. The quantitative estimate of drug-likeness (QED) is 0.272. The molecule has 8 nitrogen and oxygen atoms in total. The third kappa shape index (κ3) is 11.2. The molecule has 1 atom stereocenters. The molecule has 1 aromatic carbocycles. The lowest BCUT2D eigenvalue weighted by Gasteiger charge is -2.15. The zero-order valence-electron chi connectivity index (χ0n) is 17.6. The summed E-state index contributed by atoms with van der Waals surface area (Å²) >= 11 is 0. The largest absolute Gasteiger partial charge is 0.481 e. The molecule has 0 saturated carbocycles. The van der Waals surface area contributed by atoms with Crippen molar-refractivity contribution in [2.75, 3.05) is 6.61 Å². The third-order valence-electron chi connectivity index (χ3n) is 4.17. The summed E-state index contributed by atoms with van der Waals surface area (Å²) < 4.78 is 15.4. The Balaban J connectivity index is 2.22. The number of carbonyl (C=O) groups is 4. The molecule has 0 aliphatic heterocycles. The van der Waals surface area contributed by atoms with Crippen LogP contribution in [0.25, 0.3) is 0 Å². The van der Waals surface area contributed by atoms with Gasteiger partial charge in [0.25, 0.3) is 0 Å². The van der Waals surface area contributed by atoms with Crippen LogP contribution >= 0.6 is 0 Å². The lowest BCUT2D eigenvalue weighted by Crippen LogP contribution is -2.23. The number of para-hydroxylation sites is 1. The predicted molar refractivity (Wildman–Crippen MR) is 108 cm³/mol. The first-order valence-electron chi connectivity index (χ1n) is 10.2. The first-order valence-corrected chi connectivity index (χ1v) is 10.2. The van der Waals surface area contributed by atoms with Crippen LogP contribution in [0.15, 0.2) is 24.3 Å². The Morgan fingerprint density at radius 3 is 2.17 bits per heavy atom. The van der Waals surface area contributed by atoms with Gasteiger partial charge in [-0.2, -0.15) is 0 Å². The van der Waals surface area contributed by atoms with E-state index < -0.39 is 24.0 Å². The smallest absolute Gasteiger partial charge is 0.342 e. The molecule has 166 valence electrons. The average Bonchev–Trinajstić information content (AvgIpc) is 2.68. The molecule has 0 saturated heterocycles. The molecule has 1 aromatic rings. The van der Waals surface area contributed by atoms with Gasteiger partial charge in [-0.25, -0.2) is 4.79 Å². The van der Waals surface area contributed by atoms with Gasteiger partial charge in [-0.15, -0.1) is 0 Å². The molecule has 0 aromatic heterocycles. The van der Waals surface area contributed by atoms with Crippen LogP contribution in [0.3, 0.4) is 0 Å². The molecule has 0 fully saturated rings. The molecule has 0 aliphatic carbocycles. The van der Waals surface area contributed by atoms with Crippen LogP contribution < -0.4 is 4.74 Å². The van der Waals surface area contributed by atoms with E-state index >= 15 is 0 Å². The number of hydrogen-bond acceptors (Lipinski definition) is 7. The van der Waals surface area contributed by atoms with Crippen LogP contribution in [0, 0.1) is 0 Å². The van der Waals surface area contributed by atoms with E-state index in [0.29, 0.717) is 12.8 Å². The number of rotatable bonds is 14. The molecule has 0 heterocycles. The lowest BCUT2D eigenvalue weighted by atomic mass is 10.1. The van der Waals surface area contributed by atoms with Crippen molar-refractivity contribution >= 4 is 23.9 Å². The highest BCUT2D eigenvalue weighted by Gasteiger charge is 2.18. The van der Waals surface area contributed by atoms with Crippen molar-refractivity contribution in [2.24, 2.45) is 0 Å². The second kappa shape index (κ2) is 14.1. The van der Waals surface area contributed by atoms with Gasteiger partial charge < -0.3 is 19.3 Å². The summed E-state index contributed by atoms with van der Waals surface area (Å²) in [6.45, 7) is 2.79. The number of aliphatic carboxylic acids is 1. The zero-order valence-corrected chi connectivity index (χ0v) is 17.6. The molecule has 0 aliphatic rings. The Morgan fingerprint density at radius 2 is 1.53 bits per heavy atom. The summed E-state index contributed by atoms with van der Waals surface area (Å²) in [6, 6.07) is 6.24. The lowest BCUT2D eigenvalue weighted by molar-refractivity contribution is -0.146. The van der Waals surface area contributed by atoms with E-state index in [1.54, 1.807) is 19.1 Å². The van der Waals surface area contributed by atoms with Crippen LogP contribution in [-0.2, 0) is 23.9 Å². The minimum atomic E-state index is -0.772. The highest BCUT2D eigenvalue weighted by atomic mass is 16.6. The fourth-order valence-corrected chi connectivity index (χ4v) is 2.69. The SMILES string of the molecule is CC(=O)Oc1ccccc1C(=O)OC(C)COC(=O)CCCCCCCCC(=O)O. The van der Waals surface area contributed by atoms with Crippen LogP contribution in [-0.4, -0.2) is 41.7 Å². The monoisotopic (exact) mass is 422 g/mol. The summed E-state index contributed by atoms with van der Waals surface area (Å²) in [4.78, 5) is 45.6. The van der Waals surface area contributed by atoms with E-state index in [4.69, 9.17) is 19.3 Å². The maximum absolute atomic E-state index is 12.3. The number of esters is 3. The molecular weight excluding hydrogens is 392 g/mol. The van der Waals surface area contributed by atoms with Crippen LogP contribution in [0.4, 0.5) is 0 Å². The molecule has 1 N–H and O–H groups in total. The fourth-order valence-electron chi connectivity index (χ4n) is 2.69. The first-order chi connectivity index (χ1) is 14.3. The van der Waals surface area contributed by atoms with Crippen molar-refractivity contribution in [1.82, 2.24) is 0 Å². The molecule has 0 bridgehead atoms. The van der Waals surface area contributed by atoms with Crippen LogP contribution in [0.2, 0.25) is 0 Å². The number of ether oxygens (including phenoxy) is 3. The van der Waals surface area contributed by atoms with Gasteiger partial charge in [0.15, 0.2) is 0 Å². The van der Waals surface area contributed by atoms with Crippen molar-refractivity contribution in [1.29, 1.82) is 0 Å². The second-order valence-corrected chi connectivity index (χ2v) is 7.00. The first kappa shape index (κ1) is 25.1. The van der Waals surface area contributed by atoms with Crippen molar-refractivity contribution in [3.05, 3.63) is 29.8 Å². The molecule has 1 rings (SSSR count). The Labute approximate surface area is 176 Å². The van der Waals surface area contributed by atoms with Crippen LogP contribution in [0.5, 0.6) is 5.75 Å². The van der Waals surface area contributed by atoms with Crippen molar-refractivity contribution in [3.8, 4) is 5.75 Å². The standard InChI is InChI=1S/C22H30O8/c1-16(29-22(27)18-11-9-10-12-19(18)30-17(2)23)15-28-21(26)14-8-6-4-3-5-7-13-20(24)25/h9-12,16H,3-8,13-15H2,1-2H3,(H,24,25). The van der Waals surface area contributed by atoms with Gasteiger partial charge in [-0.1, -0.05) is 37.8 Å². The molecule has 0 spiro atoms. The average molecular weight is 422 g/mol. The van der Waals surface area contributed by atoms with Crippen LogP contribution in [0.1, 0.15) is 75.6 Å². The Kier molecular flexibility index (Phi) is 11.8. The maximum atomic E-state index is 12.3. The van der Waals surface area contributed by atoms with E-state index in [-0.39, 0.29) is 36.7 Å². The number of benzene rings is 1. The Morgan fingerprint density at radius 1 is 0.933 bits per heavy atom. The van der Waals surface area contributed by atoms with Gasteiger partial charge in [0.05, 0.1) is 0 Å². The highest BCUT2D eigenvalue weighted by Crippen LogP contribution is 2.20. The predicted octanol–water partition coefficient (Wildman–Crippen LogP) is 3.91. The summed E-state index contributed by atoms with van der Waals surface area (Å²) in [5.74, 6) is -2.23. The summed E-state index contributed by atoms with van der Waals surface area (Å²) in [7, 11) is 0. The molecule has 8 heteroatoms. The maximum Gasteiger partial charge on any atom is 0.342 e. The summed E-state index contributed by atoms with van der Waals surface area (Å²) in [5, 5.41) is 8.56. The molecule has 0 amide bonds. The second-order valence-electron chi connectivity index (χ2n) is 7.00. The minimum Gasteiger partial charge on any atom is -0.481 e. The topological polar surface area (TPSA) is 116 Å². The van der Waals surface area contributed by atoms with Gasteiger partial charge >= 0.3 is 23.9 Å². The van der Waals surface area contributed by atoms with Gasteiger partial charge in [0.2, 0.25) is 0 Å². The van der Waals surface area contributed by atoms with E-state index in [9.17, 15) is 19.2 Å². The number of carboxylic acid groups (broad SMARTS) is 1. The number of unbranched alkanes of at least 4 members (excludes halogenated alkanes) is 5. The Hall–Kier alpha value is -2.90. The van der Waals surface area contributed by atoms with E-state index in [1.165, 1.54) is 19.1 Å². The van der Waals surface area contributed by atoms with E-state index in [1.807, 2.05) is 0 Å². The van der Waals surface area contributed by atoms with Crippen molar-refractivity contribution < 1.29 is 38.5 Å². The van der Waals surface area contributed by atoms with E-state index in [0.717, 1.165) is 25.7 Å². The van der Waals surface area contributed by atoms with Gasteiger partial charge in [-0.3, -0.25) is 14.4 Å². The fraction of sp³-hybridized carbons (Fsp3) is 0.545. The van der Waals surface area contributed by atoms with Gasteiger partial charge in [0.1, 0.15) is 24.0 Å². The molecular formula is C22H30O8.